The predicted molar refractivity (Wildman–Crippen MR) is 93.5 cm³/mol. The van der Waals surface area contributed by atoms with E-state index >= 15 is 0 Å². The first-order valence-corrected chi connectivity index (χ1v) is 8.08. The van der Waals surface area contributed by atoms with Crippen LogP contribution in [0.2, 0.25) is 0 Å². The Labute approximate surface area is 135 Å². The van der Waals surface area contributed by atoms with Crippen molar-refractivity contribution in [2.75, 3.05) is 0 Å². The molecular formula is C18H32N2O2. The molecule has 0 aliphatic heterocycles. The Morgan fingerprint density at radius 2 is 2.00 bits per heavy atom. The highest BCUT2D eigenvalue weighted by molar-refractivity contribution is 5.68. The molecule has 0 spiro atoms. The molecule has 0 saturated carbocycles. The van der Waals surface area contributed by atoms with Crippen LogP contribution in [0, 0.1) is 0 Å². The van der Waals surface area contributed by atoms with E-state index < -0.39 is 11.7 Å². The molecule has 0 saturated heterocycles. The Bertz CT molecular complexity index is 454. The van der Waals surface area contributed by atoms with Crippen molar-refractivity contribution in [2.45, 2.75) is 73.0 Å². The third kappa shape index (κ3) is 7.34. The first-order chi connectivity index (χ1) is 10.2. The molecule has 1 atom stereocenters. The molecule has 0 bridgehead atoms. The van der Waals surface area contributed by atoms with Crippen molar-refractivity contribution in [3.8, 4) is 0 Å². The van der Waals surface area contributed by atoms with Crippen LogP contribution in [0.1, 0.15) is 61.3 Å². The van der Waals surface area contributed by atoms with Crippen LogP contribution in [0.3, 0.4) is 0 Å². The lowest BCUT2D eigenvalue weighted by Gasteiger charge is -2.24. The molecule has 126 valence electrons. The number of allylic oxidation sites excluding steroid dienone is 4. The van der Waals surface area contributed by atoms with Crippen molar-refractivity contribution < 1.29 is 9.53 Å². The number of nitrogens with two attached hydrogens (primary N) is 1. The molecule has 1 aliphatic rings. The summed E-state index contributed by atoms with van der Waals surface area (Å²) in [5.74, 6) is 0. The Morgan fingerprint density at radius 3 is 2.50 bits per heavy atom. The summed E-state index contributed by atoms with van der Waals surface area (Å²) in [4.78, 5) is 11.8. The van der Waals surface area contributed by atoms with Gasteiger partial charge in [0.2, 0.25) is 0 Å². The lowest BCUT2D eigenvalue weighted by Crippen LogP contribution is -2.38. The number of ether oxygens (including phenoxy) is 1. The molecule has 4 nitrogen and oxygen atoms in total. The summed E-state index contributed by atoms with van der Waals surface area (Å²) in [6.07, 6.45) is 7.19. The summed E-state index contributed by atoms with van der Waals surface area (Å²) in [6, 6.07) is -0.0772. The zero-order valence-corrected chi connectivity index (χ0v) is 15.1. The summed E-state index contributed by atoms with van der Waals surface area (Å²) in [5.41, 5.74) is 8.49. The van der Waals surface area contributed by atoms with Gasteiger partial charge in [-0.05, 0) is 63.8 Å². The molecule has 0 radical (unpaired) electrons. The number of hydrogen-bond acceptors (Lipinski definition) is 3. The first-order valence-electron chi connectivity index (χ1n) is 8.08. The summed E-state index contributed by atoms with van der Waals surface area (Å²) < 4.78 is 5.29. The van der Waals surface area contributed by atoms with Gasteiger partial charge in [-0.1, -0.05) is 26.8 Å². The van der Waals surface area contributed by atoms with Crippen molar-refractivity contribution in [1.29, 1.82) is 0 Å². The molecule has 1 rings (SSSR count). The maximum Gasteiger partial charge on any atom is 0.408 e. The van der Waals surface area contributed by atoms with E-state index in [1.165, 1.54) is 11.1 Å². The molecule has 0 aromatic heterocycles. The van der Waals surface area contributed by atoms with Crippen LogP contribution in [0.25, 0.3) is 0 Å². The minimum Gasteiger partial charge on any atom is -0.444 e. The number of carbonyl (C=O) groups excluding carboxylic acids is 1. The van der Waals surface area contributed by atoms with E-state index in [2.05, 4.69) is 12.2 Å². The molecule has 1 unspecified atom stereocenters. The minimum atomic E-state index is -0.487. The van der Waals surface area contributed by atoms with Gasteiger partial charge in [0.25, 0.3) is 0 Å². The third-order valence-corrected chi connectivity index (χ3v) is 3.04. The minimum absolute atomic E-state index is 0.0772. The van der Waals surface area contributed by atoms with Gasteiger partial charge in [-0.2, -0.15) is 0 Å². The number of alkyl carbamates (subject to hydrolysis) is 1. The molecule has 0 heterocycles. The van der Waals surface area contributed by atoms with Gasteiger partial charge in [0, 0.05) is 5.70 Å². The highest BCUT2D eigenvalue weighted by atomic mass is 16.6. The maximum absolute atomic E-state index is 11.8. The van der Waals surface area contributed by atoms with Crippen molar-refractivity contribution in [3.63, 3.8) is 0 Å². The first kappa shape index (κ1) is 20.3. The van der Waals surface area contributed by atoms with E-state index in [1.807, 2.05) is 59.8 Å². The quantitative estimate of drug-likeness (QED) is 0.810. The number of hydrogen-bond donors (Lipinski definition) is 2. The second-order valence-electron chi connectivity index (χ2n) is 6.02. The Balaban J connectivity index is 0.00000211. The van der Waals surface area contributed by atoms with Gasteiger partial charge >= 0.3 is 6.09 Å². The fraction of sp³-hybridized carbons (Fsp3) is 0.611. The summed E-state index contributed by atoms with van der Waals surface area (Å²) in [5, 5.41) is 2.89. The van der Waals surface area contributed by atoms with Crippen molar-refractivity contribution in [2.24, 2.45) is 5.73 Å². The van der Waals surface area contributed by atoms with Crippen LogP contribution in [0.15, 0.2) is 35.1 Å². The molecule has 0 fully saturated rings. The zero-order chi connectivity index (χ0) is 17.3. The van der Waals surface area contributed by atoms with Gasteiger partial charge < -0.3 is 15.8 Å². The second kappa shape index (κ2) is 9.34. The van der Waals surface area contributed by atoms with E-state index in [9.17, 15) is 4.79 Å². The zero-order valence-electron chi connectivity index (χ0n) is 15.1. The predicted octanol–water partition coefficient (Wildman–Crippen LogP) is 4.43. The number of nitrogens with one attached hydrogen (secondary N) is 1. The van der Waals surface area contributed by atoms with Crippen LogP contribution in [-0.2, 0) is 4.74 Å². The Kier molecular flexibility index (Phi) is 8.61. The summed E-state index contributed by atoms with van der Waals surface area (Å²) in [7, 11) is 0. The van der Waals surface area contributed by atoms with Gasteiger partial charge in [0.1, 0.15) is 5.60 Å². The molecule has 22 heavy (non-hydrogen) atoms. The number of rotatable bonds is 3. The summed E-state index contributed by atoms with van der Waals surface area (Å²) >= 11 is 0. The maximum atomic E-state index is 11.8. The summed E-state index contributed by atoms with van der Waals surface area (Å²) in [6.45, 7) is 13.6. The van der Waals surface area contributed by atoms with Gasteiger partial charge in [-0.15, -0.1) is 0 Å². The largest absolute Gasteiger partial charge is 0.444 e. The van der Waals surface area contributed by atoms with E-state index in [1.54, 1.807) is 0 Å². The molecule has 0 aromatic carbocycles. The van der Waals surface area contributed by atoms with E-state index in [0.29, 0.717) is 0 Å². The fourth-order valence-corrected chi connectivity index (χ4v) is 2.15. The normalized spacial score (nSPS) is 16.0. The average Bonchev–Trinajstić information content (AvgIpc) is 2.60. The monoisotopic (exact) mass is 308 g/mol. The fourth-order valence-electron chi connectivity index (χ4n) is 2.15. The lowest BCUT2D eigenvalue weighted by molar-refractivity contribution is 0.0515. The van der Waals surface area contributed by atoms with Gasteiger partial charge in [-0.25, -0.2) is 4.79 Å². The van der Waals surface area contributed by atoms with Gasteiger partial charge in [0.05, 0.1) is 6.04 Å². The molecule has 0 aromatic rings. The van der Waals surface area contributed by atoms with Crippen LogP contribution in [0.5, 0.6) is 0 Å². The Morgan fingerprint density at radius 1 is 1.41 bits per heavy atom. The van der Waals surface area contributed by atoms with Gasteiger partial charge in [-0.3, -0.25) is 0 Å². The molecular weight excluding hydrogens is 276 g/mol. The second-order valence-corrected chi connectivity index (χ2v) is 6.02. The highest BCUT2D eigenvalue weighted by Gasteiger charge is 2.20. The van der Waals surface area contributed by atoms with Crippen molar-refractivity contribution in [1.82, 2.24) is 5.32 Å². The number of amides is 1. The van der Waals surface area contributed by atoms with Crippen molar-refractivity contribution >= 4 is 6.09 Å². The lowest BCUT2D eigenvalue weighted by atomic mass is 9.97. The van der Waals surface area contributed by atoms with Crippen LogP contribution < -0.4 is 11.1 Å². The van der Waals surface area contributed by atoms with Crippen molar-refractivity contribution in [3.05, 3.63) is 35.1 Å². The van der Waals surface area contributed by atoms with E-state index in [-0.39, 0.29) is 6.04 Å². The average molecular weight is 308 g/mol. The highest BCUT2D eigenvalue weighted by Crippen LogP contribution is 2.22. The number of carbonyl (C=O) groups is 1. The van der Waals surface area contributed by atoms with E-state index in [0.717, 1.165) is 18.5 Å². The van der Waals surface area contributed by atoms with Gasteiger partial charge in [0.15, 0.2) is 0 Å². The van der Waals surface area contributed by atoms with Crippen LogP contribution >= 0.6 is 0 Å². The molecule has 3 N–H and O–H groups in total. The molecule has 4 heteroatoms. The molecule has 1 amide bonds. The third-order valence-electron chi connectivity index (χ3n) is 3.04. The van der Waals surface area contributed by atoms with Crippen LogP contribution in [-0.4, -0.2) is 17.7 Å². The standard InChI is InChI=1S/C16H26N2O2.C2H6/c1-6-12-10-13(17)8-7-9-14(12)11(2)18-15(19)20-16(3,4)5;1-2/h7-8,10-11H,6,9,17H2,1-5H3,(H,18,19);1-2H3. The molecule has 1 aliphatic carbocycles. The SMILES string of the molecule is CC.CCC1=C(C(C)NC(=O)OC(C)(C)C)CC=CC(N)=C1. The Hall–Kier alpha value is -1.71. The van der Waals surface area contributed by atoms with E-state index in [4.69, 9.17) is 10.5 Å². The topological polar surface area (TPSA) is 64.3 Å². The van der Waals surface area contributed by atoms with Crippen LogP contribution in [0.4, 0.5) is 4.79 Å². The smallest absolute Gasteiger partial charge is 0.408 e.